The van der Waals surface area contributed by atoms with Gasteiger partial charge in [-0.3, -0.25) is 0 Å². The largest absolute Gasteiger partial charge is 0.374 e. The van der Waals surface area contributed by atoms with Gasteiger partial charge in [0.1, 0.15) is 5.01 Å². The maximum absolute atomic E-state index is 6.82. The van der Waals surface area contributed by atoms with Crippen molar-refractivity contribution >= 4 is 22.7 Å². The molecule has 1 rings (SSSR count). The number of aromatic nitrogens is 2. The molecule has 12 heavy (non-hydrogen) atoms. The van der Waals surface area contributed by atoms with Crippen LogP contribution in [0.4, 0.5) is 5.13 Å². The van der Waals surface area contributed by atoms with Gasteiger partial charge in [-0.25, -0.2) is 0 Å². The monoisotopic (exact) mass is 184 g/mol. The van der Waals surface area contributed by atoms with Crippen LogP contribution in [0.25, 0.3) is 0 Å². The van der Waals surface area contributed by atoms with E-state index in [1.165, 1.54) is 17.6 Å². The number of nitrogen functional groups attached to an aromatic ring is 1. The number of nitrogens with two attached hydrogens (primary N) is 1. The normalized spacial score (nSPS) is 10.0. The van der Waals surface area contributed by atoms with Crippen molar-refractivity contribution in [3.05, 3.63) is 5.01 Å². The Morgan fingerprint density at radius 2 is 2.25 bits per heavy atom. The lowest BCUT2D eigenvalue weighted by Crippen LogP contribution is -1.85. The maximum Gasteiger partial charge on any atom is 0.203 e. The Morgan fingerprint density at radius 3 is 2.83 bits per heavy atom. The van der Waals surface area contributed by atoms with Crippen molar-refractivity contribution in [2.24, 2.45) is 0 Å². The Morgan fingerprint density at radius 1 is 1.42 bits per heavy atom. The first-order valence-corrected chi connectivity index (χ1v) is 4.71. The summed E-state index contributed by atoms with van der Waals surface area (Å²) in [5.41, 5.74) is 5.42. The summed E-state index contributed by atoms with van der Waals surface area (Å²) in [7, 11) is 0. The minimum atomic E-state index is 0.539. The van der Waals surface area contributed by atoms with Crippen LogP contribution in [0.1, 0.15) is 24.3 Å². The number of nitrogens with zero attached hydrogens (tertiary/aromatic N) is 2. The number of aryl methyl sites for hydroxylation is 1. The number of rotatable bonds is 5. The molecule has 0 unspecified atom stereocenters. The topological polar surface area (TPSA) is 75.7 Å². The molecular weight excluding hydrogens is 172 g/mol. The van der Waals surface area contributed by atoms with Gasteiger partial charge in [0.15, 0.2) is 0 Å². The quantitative estimate of drug-likeness (QED) is 0.537. The fourth-order valence-corrected chi connectivity index (χ4v) is 1.54. The maximum atomic E-state index is 6.82. The summed E-state index contributed by atoms with van der Waals surface area (Å²) in [5.74, 6) is 0. The Kier molecular flexibility index (Phi) is 3.66. The predicted octanol–water partition coefficient (Wildman–Crippen LogP) is 1.48. The van der Waals surface area contributed by atoms with E-state index in [-0.39, 0.29) is 0 Å². The highest BCUT2D eigenvalue weighted by molar-refractivity contribution is 7.15. The first kappa shape index (κ1) is 9.12. The highest BCUT2D eigenvalue weighted by Gasteiger charge is 1.99. The molecule has 0 aliphatic rings. The molecule has 0 spiro atoms. The van der Waals surface area contributed by atoms with Gasteiger partial charge in [0, 0.05) is 6.42 Å². The lowest BCUT2D eigenvalue weighted by molar-refractivity contribution is 0.754. The third-order valence-corrected chi connectivity index (χ3v) is 2.28. The van der Waals surface area contributed by atoms with E-state index in [0.717, 1.165) is 30.7 Å². The van der Waals surface area contributed by atoms with Crippen LogP contribution in [0.15, 0.2) is 0 Å². The molecule has 0 bridgehead atoms. The molecule has 1 aromatic heterocycles. The van der Waals surface area contributed by atoms with Gasteiger partial charge < -0.3 is 11.1 Å². The Bertz CT molecular complexity index is 245. The van der Waals surface area contributed by atoms with Gasteiger partial charge in [-0.2, -0.15) is 0 Å². The second-order valence-electron chi connectivity index (χ2n) is 2.48. The second kappa shape index (κ2) is 4.82. The summed E-state index contributed by atoms with van der Waals surface area (Å²) in [6.07, 6.45) is 5.33. The van der Waals surface area contributed by atoms with Crippen LogP contribution in [-0.4, -0.2) is 16.4 Å². The minimum absolute atomic E-state index is 0.539. The molecule has 1 aromatic rings. The molecule has 1 heterocycles. The summed E-state index contributed by atoms with van der Waals surface area (Å²) in [6, 6.07) is 0. The van der Waals surface area contributed by atoms with Crippen LogP contribution < -0.4 is 5.73 Å². The number of anilines is 1. The minimum Gasteiger partial charge on any atom is -0.374 e. The second-order valence-corrected chi connectivity index (χ2v) is 3.58. The molecule has 0 saturated heterocycles. The van der Waals surface area contributed by atoms with Crippen molar-refractivity contribution in [3.63, 3.8) is 0 Å². The highest BCUT2D eigenvalue weighted by atomic mass is 32.1. The van der Waals surface area contributed by atoms with Gasteiger partial charge in [0.2, 0.25) is 5.13 Å². The average molecular weight is 184 g/mol. The van der Waals surface area contributed by atoms with Gasteiger partial charge >= 0.3 is 0 Å². The highest BCUT2D eigenvalue weighted by Crippen LogP contribution is 2.13. The number of unbranched alkanes of at least 4 members (excludes halogenated alkanes) is 2. The molecule has 0 atom stereocenters. The smallest absolute Gasteiger partial charge is 0.203 e. The van der Waals surface area contributed by atoms with Crippen molar-refractivity contribution in [2.75, 3.05) is 5.73 Å². The third kappa shape index (κ3) is 2.96. The zero-order valence-electron chi connectivity index (χ0n) is 6.79. The van der Waals surface area contributed by atoms with E-state index in [1.807, 2.05) is 0 Å². The summed E-state index contributed by atoms with van der Waals surface area (Å²) in [4.78, 5) is 0. The van der Waals surface area contributed by atoms with E-state index in [1.54, 1.807) is 0 Å². The van der Waals surface area contributed by atoms with Crippen molar-refractivity contribution in [1.29, 1.82) is 5.41 Å². The fourth-order valence-electron chi connectivity index (χ4n) is 0.890. The molecule has 0 aliphatic carbocycles. The molecule has 0 fully saturated rings. The molecule has 0 amide bonds. The van der Waals surface area contributed by atoms with Crippen LogP contribution in [0.3, 0.4) is 0 Å². The lowest BCUT2D eigenvalue weighted by Gasteiger charge is -1.92. The molecular formula is C7H12N4S. The Hall–Kier alpha value is -0.970. The van der Waals surface area contributed by atoms with E-state index in [9.17, 15) is 0 Å². The summed E-state index contributed by atoms with van der Waals surface area (Å²) in [5, 5.41) is 16.0. The third-order valence-electron chi connectivity index (χ3n) is 1.47. The van der Waals surface area contributed by atoms with Crippen molar-refractivity contribution in [1.82, 2.24) is 10.2 Å². The van der Waals surface area contributed by atoms with E-state index in [2.05, 4.69) is 10.2 Å². The molecule has 4 nitrogen and oxygen atoms in total. The number of hydrogen-bond acceptors (Lipinski definition) is 5. The zero-order valence-corrected chi connectivity index (χ0v) is 7.60. The van der Waals surface area contributed by atoms with Crippen LogP contribution in [0.5, 0.6) is 0 Å². The van der Waals surface area contributed by atoms with Crippen LogP contribution in [0.2, 0.25) is 0 Å². The van der Waals surface area contributed by atoms with Gasteiger partial charge in [-0.05, 0) is 25.5 Å². The van der Waals surface area contributed by atoms with Gasteiger partial charge in [0.25, 0.3) is 0 Å². The van der Waals surface area contributed by atoms with Crippen molar-refractivity contribution in [2.45, 2.75) is 25.7 Å². The van der Waals surface area contributed by atoms with Crippen molar-refractivity contribution in [3.8, 4) is 0 Å². The molecule has 0 radical (unpaired) electrons. The summed E-state index contributed by atoms with van der Waals surface area (Å²) in [6.45, 7) is 0. The molecule has 0 aliphatic heterocycles. The lowest BCUT2D eigenvalue weighted by atomic mass is 10.2. The zero-order chi connectivity index (χ0) is 8.81. The Labute approximate surface area is 75.3 Å². The molecule has 3 N–H and O–H groups in total. The molecule has 5 heteroatoms. The van der Waals surface area contributed by atoms with Crippen LogP contribution in [-0.2, 0) is 6.42 Å². The summed E-state index contributed by atoms with van der Waals surface area (Å²) < 4.78 is 0. The van der Waals surface area contributed by atoms with E-state index in [0.29, 0.717) is 5.13 Å². The SMILES string of the molecule is N=CCCCCc1nnc(N)s1. The standard InChI is InChI=1S/C7H12N4S/c8-5-3-1-2-4-6-10-11-7(9)12-6/h5,8H,1-4H2,(H2,9,11). The van der Waals surface area contributed by atoms with Gasteiger partial charge in [0.05, 0.1) is 0 Å². The van der Waals surface area contributed by atoms with Gasteiger partial charge in [-0.15, -0.1) is 10.2 Å². The number of hydrogen-bond donors (Lipinski definition) is 2. The van der Waals surface area contributed by atoms with E-state index < -0.39 is 0 Å². The average Bonchev–Trinajstić information content (AvgIpc) is 2.45. The number of nitrogens with one attached hydrogen (secondary N) is 1. The predicted molar refractivity (Wildman–Crippen MR) is 50.7 cm³/mol. The first-order chi connectivity index (χ1) is 5.83. The summed E-state index contributed by atoms with van der Waals surface area (Å²) >= 11 is 1.44. The van der Waals surface area contributed by atoms with E-state index >= 15 is 0 Å². The fraction of sp³-hybridized carbons (Fsp3) is 0.571. The molecule has 66 valence electrons. The molecule has 0 aromatic carbocycles. The molecule has 0 saturated carbocycles. The van der Waals surface area contributed by atoms with Crippen molar-refractivity contribution < 1.29 is 0 Å². The van der Waals surface area contributed by atoms with Crippen LogP contribution in [0, 0.1) is 5.41 Å². The van der Waals surface area contributed by atoms with Gasteiger partial charge in [-0.1, -0.05) is 11.3 Å². The Balaban J connectivity index is 2.19. The van der Waals surface area contributed by atoms with Crippen LogP contribution >= 0.6 is 11.3 Å². The van der Waals surface area contributed by atoms with E-state index in [4.69, 9.17) is 11.1 Å². The first-order valence-electron chi connectivity index (χ1n) is 3.89.